The van der Waals surface area contributed by atoms with E-state index >= 15 is 0 Å². The number of fused-ring (bicyclic) bond motifs is 1. The van der Waals surface area contributed by atoms with Gasteiger partial charge in [-0.3, -0.25) is 14.2 Å². The van der Waals surface area contributed by atoms with Crippen molar-refractivity contribution in [2.75, 3.05) is 5.75 Å². The molecule has 0 unspecified atom stereocenters. The molecule has 3 rings (SSSR count). The van der Waals surface area contributed by atoms with Crippen molar-refractivity contribution in [2.45, 2.75) is 38.4 Å². The number of rotatable bonds is 4. The molecule has 6 nitrogen and oxygen atoms in total. The first-order valence-electron chi connectivity index (χ1n) is 8.36. The first kappa shape index (κ1) is 18.3. The second-order valence-electron chi connectivity index (χ2n) is 7.17. The number of aryl methyl sites for hydroxylation is 1. The molecule has 7 heteroatoms. The molecule has 0 atom stereocenters. The van der Waals surface area contributed by atoms with Crippen molar-refractivity contribution < 1.29 is 4.79 Å². The van der Waals surface area contributed by atoms with Crippen molar-refractivity contribution in [3.8, 4) is 5.69 Å². The van der Waals surface area contributed by atoms with Gasteiger partial charge in [-0.25, -0.2) is 4.98 Å². The number of aromatic amines is 1. The van der Waals surface area contributed by atoms with Gasteiger partial charge in [0.1, 0.15) is 5.52 Å². The molecule has 0 aliphatic rings. The second kappa shape index (κ2) is 6.99. The molecule has 0 fully saturated rings. The fourth-order valence-corrected chi connectivity index (χ4v) is 3.48. The minimum absolute atomic E-state index is 0.0956. The lowest BCUT2D eigenvalue weighted by molar-refractivity contribution is -0.119. The predicted molar refractivity (Wildman–Crippen MR) is 105 cm³/mol. The van der Waals surface area contributed by atoms with Crippen LogP contribution in [0.5, 0.6) is 0 Å². The summed E-state index contributed by atoms with van der Waals surface area (Å²) in [5.74, 6) is 0.0903. The van der Waals surface area contributed by atoms with E-state index < -0.39 is 0 Å². The Morgan fingerprint density at radius 3 is 2.62 bits per heavy atom. The average molecular weight is 370 g/mol. The molecule has 0 bridgehead atoms. The van der Waals surface area contributed by atoms with Crippen LogP contribution in [0.3, 0.4) is 0 Å². The SMILES string of the molecule is Cc1cc2nc(SCC(=O)NC(C)(C)C)n(-c3ccccc3)c(=O)c2[nH]1. The molecular weight excluding hydrogens is 348 g/mol. The highest BCUT2D eigenvalue weighted by molar-refractivity contribution is 7.99. The molecule has 2 heterocycles. The highest BCUT2D eigenvalue weighted by atomic mass is 32.2. The zero-order valence-corrected chi connectivity index (χ0v) is 16.1. The van der Waals surface area contributed by atoms with E-state index in [2.05, 4.69) is 15.3 Å². The van der Waals surface area contributed by atoms with Gasteiger partial charge in [0.2, 0.25) is 5.91 Å². The summed E-state index contributed by atoms with van der Waals surface area (Å²) in [7, 11) is 0. The number of hydrogen-bond donors (Lipinski definition) is 2. The Labute approximate surface area is 156 Å². The van der Waals surface area contributed by atoms with Crippen LogP contribution in [-0.4, -0.2) is 31.7 Å². The number of benzene rings is 1. The van der Waals surface area contributed by atoms with Crippen molar-refractivity contribution in [2.24, 2.45) is 0 Å². The Hall–Kier alpha value is -2.54. The topological polar surface area (TPSA) is 79.8 Å². The van der Waals surface area contributed by atoms with Gasteiger partial charge in [-0.1, -0.05) is 30.0 Å². The summed E-state index contributed by atoms with van der Waals surface area (Å²) in [6.45, 7) is 7.69. The Bertz CT molecular complexity index is 1000. The number of aromatic nitrogens is 3. The van der Waals surface area contributed by atoms with Crippen LogP contribution in [0.2, 0.25) is 0 Å². The smallest absolute Gasteiger partial charge is 0.283 e. The fourth-order valence-electron chi connectivity index (χ4n) is 2.66. The predicted octanol–water partition coefficient (Wildman–Crippen LogP) is 3.03. The van der Waals surface area contributed by atoms with E-state index in [9.17, 15) is 9.59 Å². The molecule has 0 aliphatic heterocycles. The van der Waals surface area contributed by atoms with Gasteiger partial charge >= 0.3 is 0 Å². The van der Waals surface area contributed by atoms with Gasteiger partial charge in [-0.05, 0) is 45.9 Å². The lowest BCUT2D eigenvalue weighted by atomic mass is 10.1. The molecule has 1 amide bonds. The Kier molecular flexibility index (Phi) is 4.91. The van der Waals surface area contributed by atoms with Crippen LogP contribution >= 0.6 is 11.8 Å². The van der Waals surface area contributed by atoms with E-state index in [0.717, 1.165) is 11.4 Å². The first-order valence-corrected chi connectivity index (χ1v) is 9.35. The summed E-state index contributed by atoms with van der Waals surface area (Å²) in [6, 6.07) is 11.2. The van der Waals surface area contributed by atoms with Crippen LogP contribution in [0.4, 0.5) is 0 Å². The second-order valence-corrected chi connectivity index (χ2v) is 8.11. The van der Waals surface area contributed by atoms with Gasteiger partial charge in [0.05, 0.1) is 17.0 Å². The third kappa shape index (κ3) is 3.99. The van der Waals surface area contributed by atoms with Crippen LogP contribution in [0.15, 0.2) is 46.3 Å². The van der Waals surface area contributed by atoms with Crippen LogP contribution in [0.25, 0.3) is 16.7 Å². The molecule has 136 valence electrons. The summed E-state index contributed by atoms with van der Waals surface area (Å²) < 4.78 is 1.55. The number of para-hydroxylation sites is 1. The standard InChI is InChI=1S/C19H22N4O2S/c1-12-10-14-16(20-12)17(25)23(13-8-6-5-7-9-13)18(21-14)26-11-15(24)22-19(2,3)4/h5-10,20H,11H2,1-4H3,(H,22,24). The zero-order chi connectivity index (χ0) is 18.9. The van der Waals surface area contributed by atoms with Crippen molar-refractivity contribution in [1.29, 1.82) is 0 Å². The molecular formula is C19H22N4O2S. The van der Waals surface area contributed by atoms with Crippen molar-refractivity contribution in [3.05, 3.63) is 52.4 Å². The number of carbonyl (C=O) groups excluding carboxylic acids is 1. The Balaban J connectivity index is 2.03. The number of hydrogen-bond acceptors (Lipinski definition) is 4. The number of thioether (sulfide) groups is 1. The normalized spacial score (nSPS) is 11.7. The van der Waals surface area contributed by atoms with Gasteiger partial charge in [0, 0.05) is 11.2 Å². The maximum atomic E-state index is 13.0. The quantitative estimate of drug-likeness (QED) is 0.546. The minimum atomic E-state index is -0.300. The highest BCUT2D eigenvalue weighted by Crippen LogP contribution is 2.21. The number of amides is 1. The molecule has 2 N–H and O–H groups in total. The van der Waals surface area contributed by atoms with Gasteiger partial charge in [-0.15, -0.1) is 0 Å². The van der Waals surface area contributed by atoms with Crippen molar-refractivity contribution in [1.82, 2.24) is 19.9 Å². The average Bonchev–Trinajstić information content (AvgIpc) is 2.93. The molecule has 0 aliphatic carbocycles. The molecule has 0 spiro atoms. The summed E-state index contributed by atoms with van der Waals surface area (Å²) in [5.41, 5.74) is 2.20. The first-order chi connectivity index (χ1) is 12.2. The van der Waals surface area contributed by atoms with Crippen molar-refractivity contribution in [3.63, 3.8) is 0 Å². The Morgan fingerprint density at radius 1 is 1.27 bits per heavy atom. The summed E-state index contributed by atoms with van der Waals surface area (Å²) in [6.07, 6.45) is 0. The molecule has 26 heavy (non-hydrogen) atoms. The third-order valence-corrected chi connectivity index (χ3v) is 4.56. The van der Waals surface area contributed by atoms with E-state index in [1.165, 1.54) is 11.8 Å². The van der Waals surface area contributed by atoms with E-state index in [-0.39, 0.29) is 22.8 Å². The van der Waals surface area contributed by atoms with Gasteiger partial charge < -0.3 is 10.3 Å². The highest BCUT2D eigenvalue weighted by Gasteiger charge is 2.18. The summed E-state index contributed by atoms with van der Waals surface area (Å²) in [4.78, 5) is 32.9. The third-order valence-electron chi connectivity index (χ3n) is 3.62. The largest absolute Gasteiger partial charge is 0.353 e. The van der Waals surface area contributed by atoms with Gasteiger partial charge in [0.15, 0.2) is 5.16 Å². The molecule has 3 aromatic rings. The molecule has 2 aromatic heterocycles. The number of H-pyrrole nitrogens is 1. The lowest BCUT2D eigenvalue weighted by Gasteiger charge is -2.20. The number of carbonyl (C=O) groups is 1. The molecule has 0 radical (unpaired) electrons. The van der Waals surface area contributed by atoms with Gasteiger partial charge in [0.25, 0.3) is 5.56 Å². The number of nitrogens with one attached hydrogen (secondary N) is 2. The molecule has 0 saturated carbocycles. The lowest BCUT2D eigenvalue weighted by Crippen LogP contribution is -2.41. The molecule has 1 aromatic carbocycles. The van der Waals surface area contributed by atoms with E-state index in [4.69, 9.17) is 0 Å². The summed E-state index contributed by atoms with van der Waals surface area (Å²) >= 11 is 1.25. The molecule has 0 saturated heterocycles. The van der Waals surface area contributed by atoms with Crippen LogP contribution in [-0.2, 0) is 4.79 Å². The summed E-state index contributed by atoms with van der Waals surface area (Å²) in [5, 5.41) is 3.42. The van der Waals surface area contributed by atoms with E-state index in [1.807, 2.05) is 64.1 Å². The zero-order valence-electron chi connectivity index (χ0n) is 15.3. The monoisotopic (exact) mass is 370 g/mol. The van der Waals surface area contributed by atoms with Crippen molar-refractivity contribution >= 4 is 28.7 Å². The minimum Gasteiger partial charge on any atom is -0.353 e. The van der Waals surface area contributed by atoms with Crippen LogP contribution in [0, 0.1) is 6.92 Å². The van der Waals surface area contributed by atoms with E-state index in [1.54, 1.807) is 4.57 Å². The maximum absolute atomic E-state index is 13.0. The Morgan fingerprint density at radius 2 is 1.96 bits per heavy atom. The van der Waals surface area contributed by atoms with Gasteiger partial charge in [-0.2, -0.15) is 0 Å². The fraction of sp³-hybridized carbons (Fsp3) is 0.316. The van der Waals surface area contributed by atoms with Crippen LogP contribution in [0.1, 0.15) is 26.5 Å². The van der Waals surface area contributed by atoms with Crippen LogP contribution < -0.4 is 10.9 Å². The number of nitrogens with zero attached hydrogens (tertiary/aromatic N) is 2. The maximum Gasteiger partial charge on any atom is 0.283 e. The van der Waals surface area contributed by atoms with E-state index in [0.29, 0.717) is 16.2 Å².